The Kier molecular flexibility index (Phi) is 6.54. The van der Waals surface area contributed by atoms with E-state index in [0.717, 1.165) is 5.56 Å². The fraction of sp³-hybridized carbons (Fsp3) is 0.185. The van der Waals surface area contributed by atoms with Crippen LogP contribution in [0.5, 0.6) is 17.2 Å². The predicted octanol–water partition coefficient (Wildman–Crippen LogP) is 4.81. The van der Waals surface area contributed by atoms with Crippen molar-refractivity contribution in [2.75, 3.05) is 31.0 Å². The molecule has 0 fully saturated rings. The van der Waals surface area contributed by atoms with Crippen LogP contribution < -0.4 is 24.4 Å². The number of aryl methyl sites for hydroxylation is 1. The number of ether oxygens (including phenoxy) is 3. The summed E-state index contributed by atoms with van der Waals surface area (Å²) in [5, 5.41) is 3.16. The molecule has 0 bridgehead atoms. The number of carbonyl (C=O) groups excluding carboxylic acids is 2. The van der Waals surface area contributed by atoms with Crippen LogP contribution >= 0.6 is 0 Å². The van der Waals surface area contributed by atoms with Crippen LogP contribution in [0.15, 0.2) is 72.4 Å². The van der Waals surface area contributed by atoms with E-state index >= 15 is 0 Å². The van der Waals surface area contributed by atoms with Crippen LogP contribution in [0, 0.1) is 6.92 Å². The lowest BCUT2D eigenvalue weighted by Gasteiger charge is -2.16. The molecule has 1 aliphatic rings. The van der Waals surface area contributed by atoms with E-state index in [1.165, 1.54) is 12.0 Å². The number of amides is 2. The number of benzene rings is 3. The molecule has 3 aromatic rings. The number of rotatable bonds is 8. The first-order valence-corrected chi connectivity index (χ1v) is 10.9. The van der Waals surface area contributed by atoms with Gasteiger partial charge in [-0.05, 0) is 55.8 Å². The molecule has 0 aromatic heterocycles. The van der Waals surface area contributed by atoms with Gasteiger partial charge in [0.1, 0.15) is 11.4 Å². The van der Waals surface area contributed by atoms with Crippen molar-refractivity contribution in [3.8, 4) is 17.2 Å². The highest BCUT2D eigenvalue weighted by atomic mass is 16.5. The van der Waals surface area contributed by atoms with E-state index in [0.29, 0.717) is 40.8 Å². The van der Waals surface area contributed by atoms with Gasteiger partial charge in [-0.3, -0.25) is 9.59 Å². The van der Waals surface area contributed by atoms with Gasteiger partial charge in [0.05, 0.1) is 32.1 Å². The summed E-state index contributed by atoms with van der Waals surface area (Å²) in [7, 11) is 3.06. The lowest BCUT2D eigenvalue weighted by molar-refractivity contribution is -0.120. The van der Waals surface area contributed by atoms with Crippen molar-refractivity contribution in [3.05, 3.63) is 83.6 Å². The molecule has 7 nitrogen and oxygen atoms in total. The fourth-order valence-corrected chi connectivity index (χ4v) is 3.81. The largest absolute Gasteiger partial charge is 0.494 e. The van der Waals surface area contributed by atoms with E-state index in [-0.39, 0.29) is 11.3 Å². The summed E-state index contributed by atoms with van der Waals surface area (Å²) < 4.78 is 16.3. The van der Waals surface area contributed by atoms with E-state index in [2.05, 4.69) is 5.32 Å². The second-order valence-corrected chi connectivity index (χ2v) is 7.69. The Morgan fingerprint density at radius 3 is 2.26 bits per heavy atom. The molecule has 0 spiro atoms. The average Bonchev–Trinajstić information content (AvgIpc) is 3.08. The van der Waals surface area contributed by atoms with E-state index < -0.39 is 11.8 Å². The van der Waals surface area contributed by atoms with Crippen molar-refractivity contribution in [2.24, 2.45) is 0 Å². The molecular formula is C27H26N2O5. The number of methoxy groups -OCH3 is 2. The van der Waals surface area contributed by atoms with E-state index in [4.69, 9.17) is 14.2 Å². The van der Waals surface area contributed by atoms with Crippen molar-refractivity contribution >= 4 is 28.8 Å². The maximum Gasteiger partial charge on any atom is 0.282 e. The zero-order valence-electron chi connectivity index (χ0n) is 19.5. The first-order chi connectivity index (χ1) is 16.5. The van der Waals surface area contributed by atoms with Crippen LogP contribution in [0.3, 0.4) is 0 Å². The third kappa shape index (κ3) is 4.32. The topological polar surface area (TPSA) is 77.1 Å². The molecular weight excluding hydrogens is 432 g/mol. The molecule has 2 amide bonds. The Morgan fingerprint density at radius 2 is 1.59 bits per heavy atom. The summed E-state index contributed by atoms with van der Waals surface area (Å²) in [4.78, 5) is 28.4. The summed E-state index contributed by atoms with van der Waals surface area (Å²) in [6.07, 6.45) is 0. The van der Waals surface area contributed by atoms with Gasteiger partial charge in [-0.2, -0.15) is 0 Å². The van der Waals surface area contributed by atoms with Gasteiger partial charge in [0, 0.05) is 11.8 Å². The minimum absolute atomic E-state index is 0.173. The molecule has 0 aliphatic carbocycles. The van der Waals surface area contributed by atoms with Crippen molar-refractivity contribution in [1.29, 1.82) is 0 Å². The molecule has 4 rings (SSSR count). The summed E-state index contributed by atoms with van der Waals surface area (Å²) in [6.45, 7) is 4.36. The molecule has 174 valence electrons. The molecule has 0 saturated carbocycles. The summed E-state index contributed by atoms with van der Waals surface area (Å²) >= 11 is 0. The van der Waals surface area contributed by atoms with Crippen LogP contribution in [0.4, 0.5) is 11.4 Å². The molecule has 0 unspecified atom stereocenters. The zero-order valence-corrected chi connectivity index (χ0v) is 19.5. The number of anilines is 2. The van der Waals surface area contributed by atoms with Gasteiger partial charge in [0.2, 0.25) is 0 Å². The van der Waals surface area contributed by atoms with E-state index in [1.54, 1.807) is 43.5 Å². The first-order valence-electron chi connectivity index (χ1n) is 10.9. The molecule has 7 heteroatoms. The maximum atomic E-state index is 13.6. The Hall–Kier alpha value is -4.26. The maximum absolute atomic E-state index is 13.6. The molecule has 0 atom stereocenters. The number of hydrogen-bond donors (Lipinski definition) is 1. The second kappa shape index (κ2) is 9.70. The lowest BCUT2D eigenvalue weighted by atomic mass is 10.0. The number of carbonyl (C=O) groups is 2. The Balaban J connectivity index is 1.83. The number of nitrogens with zero attached hydrogens (tertiary/aromatic N) is 1. The third-order valence-electron chi connectivity index (χ3n) is 5.46. The molecule has 1 N–H and O–H groups in total. The van der Waals surface area contributed by atoms with Crippen molar-refractivity contribution in [3.63, 3.8) is 0 Å². The van der Waals surface area contributed by atoms with E-state index in [9.17, 15) is 9.59 Å². The molecule has 0 saturated heterocycles. The van der Waals surface area contributed by atoms with Gasteiger partial charge in [-0.15, -0.1) is 0 Å². The van der Waals surface area contributed by atoms with Crippen molar-refractivity contribution in [2.45, 2.75) is 13.8 Å². The molecule has 3 aromatic carbocycles. The molecule has 1 heterocycles. The van der Waals surface area contributed by atoms with Gasteiger partial charge in [-0.1, -0.05) is 29.8 Å². The number of imide groups is 1. The molecule has 34 heavy (non-hydrogen) atoms. The molecule has 1 aliphatic heterocycles. The minimum Gasteiger partial charge on any atom is -0.494 e. The normalized spacial score (nSPS) is 13.4. The summed E-state index contributed by atoms with van der Waals surface area (Å²) in [5.41, 5.74) is 3.11. The monoisotopic (exact) mass is 458 g/mol. The average molecular weight is 459 g/mol. The number of hydrogen-bond acceptors (Lipinski definition) is 6. The molecule has 0 radical (unpaired) electrons. The van der Waals surface area contributed by atoms with Gasteiger partial charge in [-0.25, -0.2) is 4.90 Å². The van der Waals surface area contributed by atoms with Crippen LogP contribution in [0.1, 0.15) is 18.1 Å². The summed E-state index contributed by atoms with van der Waals surface area (Å²) in [5.74, 6) is 0.773. The predicted molar refractivity (Wildman–Crippen MR) is 131 cm³/mol. The zero-order chi connectivity index (χ0) is 24.2. The van der Waals surface area contributed by atoms with Crippen molar-refractivity contribution < 1.29 is 23.8 Å². The Labute approximate surface area is 198 Å². The lowest BCUT2D eigenvalue weighted by Crippen LogP contribution is -2.32. The SMILES string of the molecule is CCOc1cccc(NC2=C(c3ccc(OC)c(OC)c3)C(=O)N(c3ccc(C)cc3)C2=O)c1. The Bertz CT molecular complexity index is 1260. The highest BCUT2D eigenvalue weighted by Crippen LogP contribution is 2.37. The second-order valence-electron chi connectivity index (χ2n) is 7.69. The van der Waals surface area contributed by atoms with Crippen LogP contribution in [-0.4, -0.2) is 32.6 Å². The minimum atomic E-state index is -0.444. The van der Waals surface area contributed by atoms with Crippen LogP contribution in [0.25, 0.3) is 5.57 Å². The number of nitrogens with one attached hydrogen (secondary N) is 1. The highest BCUT2D eigenvalue weighted by molar-refractivity contribution is 6.46. The van der Waals surface area contributed by atoms with Crippen LogP contribution in [0.2, 0.25) is 0 Å². The van der Waals surface area contributed by atoms with Gasteiger partial charge in [0.25, 0.3) is 11.8 Å². The first kappa shape index (κ1) is 22.9. The highest BCUT2D eigenvalue weighted by Gasteiger charge is 2.40. The van der Waals surface area contributed by atoms with Crippen molar-refractivity contribution in [1.82, 2.24) is 0 Å². The van der Waals surface area contributed by atoms with E-state index in [1.807, 2.05) is 44.2 Å². The standard InChI is InChI=1S/C27H26N2O5/c1-5-34-21-8-6-7-19(16-21)28-25-24(18-11-14-22(32-3)23(15-18)33-4)26(30)29(27(25)31)20-12-9-17(2)10-13-20/h6-16,28H,5H2,1-4H3. The van der Waals surface area contributed by atoms with Gasteiger partial charge < -0.3 is 19.5 Å². The smallest absolute Gasteiger partial charge is 0.282 e. The summed E-state index contributed by atoms with van der Waals surface area (Å²) in [6, 6.07) is 19.6. The quantitative estimate of drug-likeness (QED) is 0.489. The third-order valence-corrected chi connectivity index (χ3v) is 5.46. The Morgan fingerprint density at radius 1 is 0.853 bits per heavy atom. The fourth-order valence-electron chi connectivity index (χ4n) is 3.81. The van der Waals surface area contributed by atoms with Crippen LogP contribution in [-0.2, 0) is 9.59 Å². The van der Waals surface area contributed by atoms with Gasteiger partial charge >= 0.3 is 0 Å². The van der Waals surface area contributed by atoms with Gasteiger partial charge in [0.15, 0.2) is 11.5 Å².